The number of hydrogen-bond acceptors (Lipinski definition) is 4. The number of carbonyl (C=O) groups is 1. The fourth-order valence-electron chi connectivity index (χ4n) is 3.56. The zero-order chi connectivity index (χ0) is 15.7. The Hall–Kier alpha value is -1.75. The number of benzene rings is 1. The lowest BCUT2D eigenvalue weighted by Gasteiger charge is -2.36. The molecule has 120 valence electrons. The number of carboxylic acids is 1. The van der Waals surface area contributed by atoms with E-state index in [1.54, 1.807) is 7.11 Å². The summed E-state index contributed by atoms with van der Waals surface area (Å²) in [5.41, 5.74) is 0.0649. The minimum Gasteiger partial charge on any atom is -0.493 e. The summed E-state index contributed by atoms with van der Waals surface area (Å²) < 4.78 is 11.4. The molecule has 1 heterocycles. The molecule has 5 heteroatoms. The highest BCUT2D eigenvalue weighted by Crippen LogP contribution is 2.44. The molecule has 1 aromatic carbocycles. The number of carboxylic acid groups (broad SMARTS) is 1. The van der Waals surface area contributed by atoms with Crippen molar-refractivity contribution in [3.8, 4) is 11.5 Å². The van der Waals surface area contributed by atoms with Gasteiger partial charge in [0.15, 0.2) is 11.5 Å². The number of nitrogens with zero attached hydrogens (tertiary/aromatic N) is 1. The summed E-state index contributed by atoms with van der Waals surface area (Å²) in [5, 5.41) is 9.69. The Bertz CT molecular complexity index is 560. The molecule has 0 atom stereocenters. The molecule has 1 aliphatic heterocycles. The van der Waals surface area contributed by atoms with Gasteiger partial charge in [-0.2, -0.15) is 0 Å². The molecule has 2 aliphatic rings. The number of likely N-dealkylation sites (tertiary alicyclic amines) is 1. The average molecular weight is 305 g/mol. The molecule has 5 nitrogen and oxygen atoms in total. The van der Waals surface area contributed by atoms with E-state index < -0.39 is 11.4 Å². The summed E-state index contributed by atoms with van der Waals surface area (Å²) >= 11 is 0. The van der Waals surface area contributed by atoms with Gasteiger partial charge in [0.05, 0.1) is 12.5 Å². The summed E-state index contributed by atoms with van der Waals surface area (Å²) in [5.74, 6) is 0.587. The van der Waals surface area contributed by atoms with Crippen LogP contribution in [-0.2, 0) is 10.2 Å². The van der Waals surface area contributed by atoms with E-state index in [0.29, 0.717) is 24.3 Å². The third-order valence-electron chi connectivity index (χ3n) is 4.91. The highest BCUT2D eigenvalue weighted by molar-refractivity contribution is 5.82. The van der Waals surface area contributed by atoms with Crippen LogP contribution in [0.25, 0.3) is 0 Å². The maximum absolute atomic E-state index is 11.8. The van der Waals surface area contributed by atoms with E-state index in [-0.39, 0.29) is 6.10 Å². The van der Waals surface area contributed by atoms with Gasteiger partial charge >= 0.3 is 5.97 Å². The predicted octanol–water partition coefficient (Wildman–Crippen LogP) is 2.28. The first-order chi connectivity index (χ1) is 10.5. The van der Waals surface area contributed by atoms with Crippen molar-refractivity contribution in [2.75, 3.05) is 27.2 Å². The fraction of sp³-hybridized carbons (Fsp3) is 0.588. The maximum Gasteiger partial charge on any atom is 0.314 e. The molecule has 0 amide bonds. The van der Waals surface area contributed by atoms with Crippen LogP contribution in [0.2, 0.25) is 0 Å². The first-order valence-corrected chi connectivity index (χ1v) is 7.82. The third-order valence-corrected chi connectivity index (χ3v) is 4.91. The smallest absolute Gasteiger partial charge is 0.314 e. The summed E-state index contributed by atoms with van der Waals surface area (Å²) in [4.78, 5) is 14.0. The quantitative estimate of drug-likeness (QED) is 0.904. The number of methoxy groups -OCH3 is 1. The van der Waals surface area contributed by atoms with E-state index >= 15 is 0 Å². The van der Waals surface area contributed by atoms with Crippen LogP contribution in [0.15, 0.2) is 18.2 Å². The number of ether oxygens (including phenoxy) is 2. The summed E-state index contributed by atoms with van der Waals surface area (Å²) in [7, 11) is 3.65. The molecule has 0 unspecified atom stereocenters. The Morgan fingerprint density at radius 2 is 1.95 bits per heavy atom. The van der Waals surface area contributed by atoms with Gasteiger partial charge in [-0.05, 0) is 37.6 Å². The van der Waals surface area contributed by atoms with Gasteiger partial charge in [-0.15, -0.1) is 0 Å². The van der Waals surface area contributed by atoms with Gasteiger partial charge in [0.25, 0.3) is 0 Å². The molecule has 22 heavy (non-hydrogen) atoms. The second-order valence-corrected chi connectivity index (χ2v) is 6.42. The van der Waals surface area contributed by atoms with Gasteiger partial charge in [0.1, 0.15) is 6.10 Å². The first-order valence-electron chi connectivity index (χ1n) is 7.82. The zero-order valence-corrected chi connectivity index (χ0v) is 13.2. The van der Waals surface area contributed by atoms with Crippen molar-refractivity contribution in [2.45, 2.75) is 37.2 Å². The van der Waals surface area contributed by atoms with Crippen LogP contribution in [0.5, 0.6) is 11.5 Å². The van der Waals surface area contributed by atoms with Crippen molar-refractivity contribution < 1.29 is 19.4 Å². The van der Waals surface area contributed by atoms with Crippen LogP contribution >= 0.6 is 0 Å². The molecular formula is C17H23NO4. The van der Waals surface area contributed by atoms with Crippen molar-refractivity contribution >= 4 is 5.97 Å². The second kappa shape index (κ2) is 5.80. The Morgan fingerprint density at radius 3 is 2.50 bits per heavy atom. The van der Waals surface area contributed by atoms with Crippen LogP contribution in [0, 0.1) is 0 Å². The average Bonchev–Trinajstić information content (AvgIpc) is 2.97. The van der Waals surface area contributed by atoms with E-state index in [9.17, 15) is 9.90 Å². The van der Waals surface area contributed by atoms with Crippen LogP contribution in [0.4, 0.5) is 0 Å². The molecule has 0 spiro atoms. The minimum absolute atomic E-state index is 0.185. The number of hydrogen-bond donors (Lipinski definition) is 1. The SMILES string of the molecule is COc1cc(C2(C(=O)O)CCCC2)ccc1OC1CN(C)C1. The van der Waals surface area contributed by atoms with Crippen molar-refractivity contribution in [1.82, 2.24) is 4.90 Å². The van der Waals surface area contributed by atoms with Crippen LogP contribution < -0.4 is 9.47 Å². The molecule has 3 rings (SSSR count). The largest absolute Gasteiger partial charge is 0.493 e. The molecule has 0 bridgehead atoms. The second-order valence-electron chi connectivity index (χ2n) is 6.42. The van der Waals surface area contributed by atoms with Gasteiger partial charge in [-0.3, -0.25) is 9.69 Å². The molecule has 1 saturated heterocycles. The Balaban J connectivity index is 1.86. The van der Waals surface area contributed by atoms with Gasteiger partial charge < -0.3 is 14.6 Å². The fourth-order valence-corrected chi connectivity index (χ4v) is 3.56. The number of aliphatic carboxylic acids is 1. The lowest BCUT2D eigenvalue weighted by Crippen LogP contribution is -2.51. The molecular weight excluding hydrogens is 282 g/mol. The molecule has 1 aromatic rings. The predicted molar refractivity (Wildman–Crippen MR) is 82.7 cm³/mol. The third kappa shape index (κ3) is 2.54. The Labute approximate surface area is 130 Å². The van der Waals surface area contributed by atoms with E-state index in [0.717, 1.165) is 31.5 Å². The monoisotopic (exact) mass is 305 g/mol. The summed E-state index contributed by atoms with van der Waals surface area (Å²) in [6, 6.07) is 5.59. The van der Waals surface area contributed by atoms with Crippen LogP contribution in [0.3, 0.4) is 0 Å². The van der Waals surface area contributed by atoms with E-state index in [2.05, 4.69) is 11.9 Å². The molecule has 1 saturated carbocycles. The molecule has 0 aromatic heterocycles. The van der Waals surface area contributed by atoms with Crippen molar-refractivity contribution in [3.05, 3.63) is 23.8 Å². The van der Waals surface area contributed by atoms with Crippen molar-refractivity contribution in [1.29, 1.82) is 0 Å². The number of rotatable bonds is 5. The van der Waals surface area contributed by atoms with E-state index in [1.165, 1.54) is 0 Å². The van der Waals surface area contributed by atoms with Gasteiger partial charge in [0.2, 0.25) is 0 Å². The minimum atomic E-state index is -0.761. The molecule has 1 aliphatic carbocycles. The molecule has 0 radical (unpaired) electrons. The topological polar surface area (TPSA) is 59.0 Å². The zero-order valence-electron chi connectivity index (χ0n) is 13.2. The van der Waals surface area contributed by atoms with Gasteiger partial charge in [-0.1, -0.05) is 18.9 Å². The molecule has 1 N–H and O–H groups in total. The standard InChI is InChI=1S/C17H23NO4/c1-18-10-13(11-18)22-14-6-5-12(9-15(14)21-2)17(16(19)20)7-3-4-8-17/h5-6,9,13H,3-4,7-8,10-11H2,1-2H3,(H,19,20). The van der Waals surface area contributed by atoms with Crippen LogP contribution in [-0.4, -0.2) is 49.3 Å². The van der Waals surface area contributed by atoms with Crippen LogP contribution in [0.1, 0.15) is 31.2 Å². The highest BCUT2D eigenvalue weighted by atomic mass is 16.5. The van der Waals surface area contributed by atoms with Gasteiger partial charge in [0, 0.05) is 13.1 Å². The summed E-state index contributed by atoms with van der Waals surface area (Å²) in [6.45, 7) is 1.81. The Kier molecular flexibility index (Phi) is 4.00. The first kappa shape index (κ1) is 15.2. The highest BCUT2D eigenvalue weighted by Gasteiger charge is 2.43. The van der Waals surface area contributed by atoms with E-state index in [1.807, 2.05) is 18.2 Å². The number of likely N-dealkylation sites (N-methyl/N-ethyl adjacent to an activating group) is 1. The molecule has 2 fully saturated rings. The van der Waals surface area contributed by atoms with Crippen molar-refractivity contribution in [2.24, 2.45) is 0 Å². The Morgan fingerprint density at radius 1 is 1.27 bits per heavy atom. The lowest BCUT2D eigenvalue weighted by molar-refractivity contribution is -0.143. The van der Waals surface area contributed by atoms with Crippen molar-refractivity contribution in [3.63, 3.8) is 0 Å². The lowest BCUT2D eigenvalue weighted by atomic mass is 9.79. The normalized spacial score (nSPS) is 21.4. The summed E-state index contributed by atoms with van der Waals surface area (Å²) in [6.07, 6.45) is 3.49. The van der Waals surface area contributed by atoms with E-state index in [4.69, 9.17) is 9.47 Å². The van der Waals surface area contributed by atoms with Gasteiger partial charge in [-0.25, -0.2) is 0 Å². The maximum atomic E-state index is 11.8.